The summed E-state index contributed by atoms with van der Waals surface area (Å²) >= 11 is 7.83. The molecule has 4 fully saturated rings. The van der Waals surface area contributed by atoms with Crippen LogP contribution in [0, 0.1) is 23.7 Å². The van der Waals surface area contributed by atoms with Gasteiger partial charge in [0.25, 0.3) is 0 Å². The fourth-order valence-electron chi connectivity index (χ4n) is 5.23. The molecule has 4 aliphatic rings. The van der Waals surface area contributed by atoms with E-state index in [2.05, 4.69) is 42.5 Å². The van der Waals surface area contributed by atoms with Crippen LogP contribution in [0.3, 0.4) is 0 Å². The summed E-state index contributed by atoms with van der Waals surface area (Å²) in [5.41, 5.74) is 0. The Hall–Kier alpha value is 0.880. The maximum atomic E-state index is 4.01. The Bertz CT molecular complexity index is 338. The van der Waals surface area contributed by atoms with Gasteiger partial charge in [0, 0.05) is 21.7 Å². The summed E-state index contributed by atoms with van der Waals surface area (Å²) in [7, 11) is 0. The van der Waals surface area contributed by atoms with Crippen LogP contribution in [-0.4, -0.2) is 34.8 Å². The monoisotopic (exact) mass is 376 g/mol. The number of nitrogens with one attached hydrogen (secondary N) is 2. The summed E-state index contributed by atoms with van der Waals surface area (Å²) in [6, 6.07) is 1.55. The van der Waals surface area contributed by atoms with Gasteiger partial charge < -0.3 is 10.6 Å². The predicted octanol–water partition coefficient (Wildman–Crippen LogP) is 2.51. The van der Waals surface area contributed by atoms with Crippen molar-refractivity contribution in [2.45, 2.75) is 47.4 Å². The number of fused-ring (bicyclic) bond motifs is 6. The molecular weight excluding hydrogens is 356 g/mol. The van der Waals surface area contributed by atoms with Crippen molar-refractivity contribution in [3.05, 3.63) is 0 Å². The van der Waals surface area contributed by atoms with Crippen LogP contribution in [0.1, 0.15) is 25.7 Å². The van der Waals surface area contributed by atoms with Crippen molar-refractivity contribution in [2.75, 3.05) is 13.1 Å². The van der Waals surface area contributed by atoms with Crippen molar-refractivity contribution in [3.63, 3.8) is 0 Å². The van der Waals surface area contributed by atoms with Crippen molar-refractivity contribution in [2.24, 2.45) is 23.7 Å². The lowest BCUT2D eigenvalue weighted by atomic mass is 9.65. The lowest BCUT2D eigenvalue weighted by Crippen LogP contribution is -2.52. The lowest BCUT2D eigenvalue weighted by Gasteiger charge is -2.44. The number of hydrogen-bond acceptors (Lipinski definition) is 2. The molecule has 2 aliphatic carbocycles. The summed E-state index contributed by atoms with van der Waals surface area (Å²) in [5, 5.41) is 7.65. The van der Waals surface area contributed by atoms with Gasteiger partial charge in [-0.25, -0.2) is 0 Å². The smallest absolute Gasteiger partial charge is 0.0202 e. The molecule has 0 amide bonds. The molecule has 2 aliphatic heterocycles. The van der Waals surface area contributed by atoms with Gasteiger partial charge in [-0.3, -0.25) is 0 Å². The summed E-state index contributed by atoms with van der Waals surface area (Å²) in [6.45, 7) is 2.51. The highest BCUT2D eigenvalue weighted by Gasteiger charge is 2.53. The predicted molar refractivity (Wildman–Crippen MR) is 81.4 cm³/mol. The Labute approximate surface area is 126 Å². The molecule has 4 rings (SSSR count). The van der Waals surface area contributed by atoms with Crippen LogP contribution in [0.25, 0.3) is 0 Å². The highest BCUT2D eigenvalue weighted by atomic mass is 79.9. The molecular formula is C14H22Br2N2. The Morgan fingerprint density at radius 3 is 2.72 bits per heavy atom. The Morgan fingerprint density at radius 1 is 0.944 bits per heavy atom. The van der Waals surface area contributed by atoms with Crippen molar-refractivity contribution in [1.29, 1.82) is 0 Å². The number of piperidine rings is 1. The molecule has 2 bridgehead atoms. The normalized spacial score (nSPS) is 59.0. The van der Waals surface area contributed by atoms with Gasteiger partial charge in [-0.2, -0.15) is 0 Å². The van der Waals surface area contributed by atoms with E-state index in [0.717, 1.165) is 40.6 Å². The highest BCUT2D eigenvalue weighted by molar-refractivity contribution is 9.10. The Kier molecular flexibility index (Phi) is 3.30. The molecule has 0 aromatic heterocycles. The van der Waals surface area contributed by atoms with Crippen LogP contribution in [-0.2, 0) is 0 Å². The van der Waals surface area contributed by atoms with Crippen LogP contribution in [0.5, 0.6) is 0 Å². The van der Waals surface area contributed by atoms with Gasteiger partial charge in [0.05, 0.1) is 0 Å². The van der Waals surface area contributed by atoms with Gasteiger partial charge in [-0.15, -0.1) is 0 Å². The topological polar surface area (TPSA) is 24.1 Å². The molecule has 0 aromatic rings. The van der Waals surface area contributed by atoms with E-state index in [1.807, 2.05) is 0 Å². The standard InChI is InChI=1S/C14H22Br2N2/c15-9-3-11(16)13-10-2-7-1-8(6-17-5-7)14(10)18-12(13)4-9/h7-14,17-18H,1-6H2/t7-,8?,9?,10?,11?,12?,13?,14?/m0/s1. The largest absolute Gasteiger partial charge is 0.316 e. The van der Waals surface area contributed by atoms with E-state index in [-0.39, 0.29) is 0 Å². The van der Waals surface area contributed by atoms with Crippen LogP contribution < -0.4 is 10.6 Å². The van der Waals surface area contributed by atoms with Crippen molar-refractivity contribution in [3.8, 4) is 0 Å². The van der Waals surface area contributed by atoms with Crippen LogP contribution in [0.2, 0.25) is 0 Å². The zero-order chi connectivity index (χ0) is 12.3. The minimum absolute atomic E-state index is 0.702. The summed E-state index contributed by atoms with van der Waals surface area (Å²) in [5.74, 6) is 3.66. The maximum Gasteiger partial charge on any atom is 0.0202 e. The van der Waals surface area contributed by atoms with Gasteiger partial charge in [0.1, 0.15) is 0 Å². The number of alkyl halides is 2. The van der Waals surface area contributed by atoms with E-state index in [1.54, 1.807) is 0 Å². The zero-order valence-electron chi connectivity index (χ0n) is 10.6. The van der Waals surface area contributed by atoms with Crippen LogP contribution >= 0.6 is 31.9 Å². The van der Waals surface area contributed by atoms with E-state index in [1.165, 1.54) is 38.8 Å². The second-order valence-electron chi connectivity index (χ2n) is 6.88. The van der Waals surface area contributed by atoms with Crippen molar-refractivity contribution < 1.29 is 0 Å². The Balaban J connectivity index is 1.60. The molecule has 2 nitrogen and oxygen atoms in total. The van der Waals surface area contributed by atoms with Crippen LogP contribution in [0.4, 0.5) is 0 Å². The minimum Gasteiger partial charge on any atom is -0.316 e. The molecule has 0 radical (unpaired) electrons. The second-order valence-corrected chi connectivity index (χ2v) is 9.35. The maximum absolute atomic E-state index is 4.01. The average Bonchev–Trinajstić information content (AvgIpc) is 2.68. The van der Waals surface area contributed by atoms with Crippen LogP contribution in [0.15, 0.2) is 0 Å². The fourth-order valence-corrected chi connectivity index (χ4v) is 7.75. The van der Waals surface area contributed by atoms with Gasteiger partial charge in [0.15, 0.2) is 0 Å². The third-order valence-corrected chi connectivity index (χ3v) is 7.56. The van der Waals surface area contributed by atoms with Gasteiger partial charge in [0.2, 0.25) is 0 Å². The summed E-state index contributed by atoms with van der Waals surface area (Å²) < 4.78 is 0. The number of rotatable bonds is 0. The molecule has 2 saturated carbocycles. The first-order valence-corrected chi connectivity index (χ1v) is 9.30. The van der Waals surface area contributed by atoms with E-state index < -0.39 is 0 Å². The molecule has 2 N–H and O–H groups in total. The zero-order valence-corrected chi connectivity index (χ0v) is 13.8. The molecule has 102 valence electrons. The van der Waals surface area contributed by atoms with E-state index in [0.29, 0.717) is 4.83 Å². The molecule has 18 heavy (non-hydrogen) atoms. The van der Waals surface area contributed by atoms with E-state index in [9.17, 15) is 0 Å². The lowest BCUT2D eigenvalue weighted by molar-refractivity contribution is 0.110. The molecule has 2 saturated heterocycles. The quantitative estimate of drug-likeness (QED) is 0.634. The molecule has 0 aromatic carbocycles. The van der Waals surface area contributed by atoms with E-state index >= 15 is 0 Å². The number of hydrogen-bond donors (Lipinski definition) is 2. The third kappa shape index (κ3) is 1.94. The first kappa shape index (κ1) is 12.6. The van der Waals surface area contributed by atoms with E-state index in [4.69, 9.17) is 0 Å². The molecule has 2 heterocycles. The third-order valence-electron chi connectivity index (χ3n) is 5.82. The van der Waals surface area contributed by atoms with Crippen molar-refractivity contribution >= 4 is 31.9 Å². The van der Waals surface area contributed by atoms with Gasteiger partial charge in [-0.05, 0) is 62.4 Å². The van der Waals surface area contributed by atoms with Gasteiger partial charge in [-0.1, -0.05) is 31.9 Å². The average molecular weight is 378 g/mol. The van der Waals surface area contributed by atoms with Crippen molar-refractivity contribution in [1.82, 2.24) is 10.6 Å². The molecule has 4 heteroatoms. The highest BCUT2D eigenvalue weighted by Crippen LogP contribution is 2.50. The molecule has 7 unspecified atom stereocenters. The first-order valence-electron chi connectivity index (χ1n) is 7.47. The summed E-state index contributed by atoms with van der Waals surface area (Å²) in [6.07, 6.45) is 5.55. The summed E-state index contributed by atoms with van der Waals surface area (Å²) in [4.78, 5) is 1.42. The molecule has 8 atom stereocenters. The Morgan fingerprint density at radius 2 is 1.83 bits per heavy atom. The first-order chi connectivity index (χ1) is 8.72. The minimum atomic E-state index is 0.702. The SMILES string of the molecule is BrC1CC(Br)C2C(C1)NC1C3CNC[C@@H](C3)CC12. The van der Waals surface area contributed by atoms with Gasteiger partial charge >= 0.3 is 0 Å². The fraction of sp³-hybridized carbons (Fsp3) is 1.00. The molecule has 0 spiro atoms. The number of halogens is 2. The second kappa shape index (κ2) is 4.71.